The average molecular weight is 485 g/mol. The SMILES string of the molecule is O=c1cccc(-c2nc3ccccc3n([C@H]3C[C@H]4CC[C@@H](C3)N4C[C@H]3C[C@@H]4CCC[C@@H](C4)C3)c2=O)[nH]1. The van der Waals surface area contributed by atoms with E-state index in [9.17, 15) is 9.59 Å². The molecule has 2 aliphatic carbocycles. The first-order valence-electron chi connectivity index (χ1n) is 14.1. The summed E-state index contributed by atoms with van der Waals surface area (Å²) in [5, 5.41) is 0. The van der Waals surface area contributed by atoms with Crippen molar-refractivity contribution in [1.82, 2.24) is 19.4 Å². The second-order valence-corrected chi connectivity index (χ2v) is 12.0. The predicted octanol–water partition coefficient (Wildman–Crippen LogP) is 5.14. The van der Waals surface area contributed by atoms with Crippen LogP contribution in [0.25, 0.3) is 22.4 Å². The van der Waals surface area contributed by atoms with Crippen molar-refractivity contribution in [3.63, 3.8) is 0 Å². The summed E-state index contributed by atoms with van der Waals surface area (Å²) >= 11 is 0. The molecule has 2 aromatic heterocycles. The Kier molecular flexibility index (Phi) is 5.61. The molecule has 0 spiro atoms. The van der Waals surface area contributed by atoms with Crippen molar-refractivity contribution in [3.05, 3.63) is 63.2 Å². The van der Waals surface area contributed by atoms with Crippen LogP contribution in [-0.2, 0) is 0 Å². The number of rotatable bonds is 4. The summed E-state index contributed by atoms with van der Waals surface area (Å²) in [5.74, 6) is 2.81. The predicted molar refractivity (Wildman–Crippen MR) is 142 cm³/mol. The Morgan fingerprint density at radius 3 is 2.31 bits per heavy atom. The zero-order chi connectivity index (χ0) is 24.2. The molecule has 4 bridgehead atoms. The molecule has 0 amide bonds. The molecule has 2 saturated heterocycles. The highest BCUT2D eigenvalue weighted by atomic mass is 16.1. The van der Waals surface area contributed by atoms with Gasteiger partial charge in [0.25, 0.3) is 5.56 Å². The van der Waals surface area contributed by atoms with E-state index in [4.69, 9.17) is 4.98 Å². The number of nitrogens with one attached hydrogen (secondary N) is 1. The van der Waals surface area contributed by atoms with Gasteiger partial charge in [-0.2, -0.15) is 0 Å². The molecule has 1 aromatic carbocycles. The minimum absolute atomic E-state index is 0.0893. The third-order valence-electron chi connectivity index (χ3n) is 9.74. The normalized spacial score (nSPS) is 32.1. The molecule has 2 aliphatic heterocycles. The van der Waals surface area contributed by atoms with E-state index in [1.54, 1.807) is 12.1 Å². The monoisotopic (exact) mass is 484 g/mol. The van der Waals surface area contributed by atoms with Gasteiger partial charge in [-0.1, -0.05) is 37.5 Å². The quantitative estimate of drug-likeness (QED) is 0.557. The molecule has 6 nitrogen and oxygen atoms in total. The average Bonchev–Trinajstić information content (AvgIpc) is 3.10. The Morgan fingerprint density at radius 1 is 0.806 bits per heavy atom. The summed E-state index contributed by atoms with van der Waals surface area (Å²) in [6.45, 7) is 1.26. The first-order chi connectivity index (χ1) is 17.6. The molecule has 7 rings (SSSR count). The molecule has 4 heterocycles. The van der Waals surface area contributed by atoms with Crippen LogP contribution in [0.2, 0.25) is 0 Å². The highest BCUT2D eigenvalue weighted by Gasteiger charge is 2.43. The fourth-order valence-electron chi connectivity index (χ4n) is 8.35. The fourth-order valence-corrected chi connectivity index (χ4v) is 8.35. The lowest BCUT2D eigenvalue weighted by Gasteiger charge is -2.45. The van der Waals surface area contributed by atoms with Gasteiger partial charge < -0.3 is 9.55 Å². The molecule has 36 heavy (non-hydrogen) atoms. The van der Waals surface area contributed by atoms with Gasteiger partial charge in [0, 0.05) is 30.7 Å². The fraction of sp³-hybridized carbons (Fsp3) is 0.567. The van der Waals surface area contributed by atoms with Gasteiger partial charge in [0.2, 0.25) is 5.56 Å². The maximum Gasteiger partial charge on any atom is 0.279 e. The topological polar surface area (TPSA) is 71.0 Å². The largest absolute Gasteiger partial charge is 0.320 e. The number of H-pyrrole nitrogens is 1. The van der Waals surface area contributed by atoms with Crippen LogP contribution in [0.4, 0.5) is 0 Å². The van der Waals surface area contributed by atoms with Crippen LogP contribution in [0.5, 0.6) is 0 Å². The van der Waals surface area contributed by atoms with Crippen LogP contribution in [0, 0.1) is 17.8 Å². The number of hydrogen-bond acceptors (Lipinski definition) is 4. The number of nitrogens with zero attached hydrogens (tertiary/aromatic N) is 3. The Bertz CT molecular complexity index is 1370. The molecule has 0 unspecified atom stereocenters. The summed E-state index contributed by atoms with van der Waals surface area (Å²) < 4.78 is 2.01. The first-order valence-corrected chi connectivity index (χ1v) is 14.1. The van der Waals surface area contributed by atoms with Crippen LogP contribution in [0.1, 0.15) is 70.3 Å². The highest BCUT2D eigenvalue weighted by Crippen LogP contribution is 2.46. The Hall–Kier alpha value is -2.73. The van der Waals surface area contributed by atoms with Crippen molar-refractivity contribution in [2.75, 3.05) is 6.54 Å². The highest BCUT2D eigenvalue weighted by molar-refractivity contribution is 5.77. The lowest BCUT2D eigenvalue weighted by atomic mass is 9.68. The van der Waals surface area contributed by atoms with Crippen molar-refractivity contribution in [3.8, 4) is 11.4 Å². The van der Waals surface area contributed by atoms with E-state index in [2.05, 4.69) is 9.88 Å². The molecular weight excluding hydrogens is 448 g/mol. The van der Waals surface area contributed by atoms with Gasteiger partial charge in [-0.15, -0.1) is 0 Å². The van der Waals surface area contributed by atoms with Crippen molar-refractivity contribution in [1.29, 1.82) is 0 Å². The number of piperidine rings is 1. The smallest absolute Gasteiger partial charge is 0.279 e. The van der Waals surface area contributed by atoms with Crippen molar-refractivity contribution in [2.45, 2.75) is 82.3 Å². The minimum Gasteiger partial charge on any atom is -0.320 e. The molecule has 3 aromatic rings. The van der Waals surface area contributed by atoms with Gasteiger partial charge in [-0.25, -0.2) is 4.98 Å². The summed E-state index contributed by atoms with van der Waals surface area (Å²) in [6, 6.07) is 14.2. The van der Waals surface area contributed by atoms with Gasteiger partial charge in [0.1, 0.15) is 0 Å². The van der Waals surface area contributed by atoms with Crippen molar-refractivity contribution < 1.29 is 0 Å². The van der Waals surface area contributed by atoms with E-state index in [-0.39, 0.29) is 17.2 Å². The van der Waals surface area contributed by atoms with Gasteiger partial charge >= 0.3 is 0 Å². The molecule has 1 N–H and O–H groups in total. The molecule has 6 heteroatoms. The van der Waals surface area contributed by atoms with E-state index in [1.165, 1.54) is 64.0 Å². The van der Waals surface area contributed by atoms with Gasteiger partial charge in [0.15, 0.2) is 5.69 Å². The summed E-state index contributed by atoms with van der Waals surface area (Å²) in [5.41, 5.74) is 2.24. The van der Waals surface area contributed by atoms with Gasteiger partial charge in [0.05, 0.1) is 16.7 Å². The molecular formula is C30H36N4O2. The Balaban J connectivity index is 1.20. The van der Waals surface area contributed by atoms with E-state index in [0.717, 1.165) is 41.6 Å². The first kappa shape index (κ1) is 22.5. The zero-order valence-corrected chi connectivity index (χ0v) is 20.9. The maximum absolute atomic E-state index is 13.9. The second-order valence-electron chi connectivity index (χ2n) is 12.0. The van der Waals surface area contributed by atoms with E-state index in [1.807, 2.05) is 28.8 Å². The van der Waals surface area contributed by atoms with Crippen LogP contribution in [0.3, 0.4) is 0 Å². The number of para-hydroxylation sites is 2. The molecule has 4 aliphatic rings. The zero-order valence-electron chi connectivity index (χ0n) is 20.9. The molecule has 6 atom stereocenters. The molecule has 2 saturated carbocycles. The van der Waals surface area contributed by atoms with Crippen LogP contribution < -0.4 is 11.1 Å². The van der Waals surface area contributed by atoms with Gasteiger partial charge in [-0.3, -0.25) is 14.5 Å². The van der Waals surface area contributed by atoms with E-state index in [0.29, 0.717) is 23.5 Å². The Morgan fingerprint density at radius 2 is 1.56 bits per heavy atom. The third-order valence-corrected chi connectivity index (χ3v) is 9.74. The lowest BCUT2D eigenvalue weighted by molar-refractivity contribution is 0.0528. The third kappa shape index (κ3) is 3.94. The number of fused-ring (bicyclic) bond motifs is 5. The summed E-state index contributed by atoms with van der Waals surface area (Å²) in [4.78, 5) is 36.2. The number of aromatic nitrogens is 3. The molecule has 188 valence electrons. The Labute approximate surface area is 211 Å². The second kappa shape index (κ2) is 8.98. The minimum atomic E-state index is -0.216. The van der Waals surface area contributed by atoms with Crippen molar-refractivity contribution in [2.24, 2.45) is 17.8 Å². The standard InChI is InChI=1S/C30H36N4O2/c35-28-10-4-8-26(31-28)29-30(36)34(27-9-2-1-7-25(27)32-29)24-16-22-11-12-23(17-24)33(22)18-21-14-19-5-3-6-20(13-19)15-21/h1-2,4,7-10,19-24H,3,5-6,11-18H2,(H,31,35)/t19-,20+,21+,22-,23+,24+. The van der Waals surface area contributed by atoms with E-state index < -0.39 is 0 Å². The van der Waals surface area contributed by atoms with Crippen LogP contribution in [0.15, 0.2) is 52.1 Å². The van der Waals surface area contributed by atoms with E-state index >= 15 is 0 Å². The van der Waals surface area contributed by atoms with Crippen LogP contribution in [-0.4, -0.2) is 38.1 Å². The van der Waals surface area contributed by atoms with Gasteiger partial charge in [-0.05, 0) is 80.9 Å². The molecule has 4 fully saturated rings. The van der Waals surface area contributed by atoms with Crippen molar-refractivity contribution >= 4 is 11.0 Å². The summed E-state index contributed by atoms with van der Waals surface area (Å²) in [6.07, 6.45) is 13.2. The number of aromatic amines is 1. The lowest BCUT2D eigenvalue weighted by Crippen LogP contribution is -2.48. The summed E-state index contributed by atoms with van der Waals surface area (Å²) in [7, 11) is 0. The van der Waals surface area contributed by atoms with Crippen LogP contribution >= 0.6 is 0 Å². The maximum atomic E-state index is 13.9. The number of pyridine rings is 1. The number of benzene rings is 1. The number of hydrogen-bond donors (Lipinski definition) is 1. The molecule has 0 radical (unpaired) electrons.